The monoisotopic (exact) mass is 408 g/mol. The molecule has 1 amide bonds. The van der Waals surface area contributed by atoms with Crippen LogP contribution in [0.1, 0.15) is 16.6 Å². The average Bonchev–Trinajstić information content (AvgIpc) is 3.21. The van der Waals surface area contributed by atoms with Gasteiger partial charge in [-0.05, 0) is 18.4 Å². The molecule has 0 radical (unpaired) electrons. The molecule has 8 nitrogen and oxygen atoms in total. The Morgan fingerprint density at radius 1 is 1.30 bits per heavy atom. The highest BCUT2D eigenvalue weighted by molar-refractivity contribution is 7.12. The van der Waals surface area contributed by atoms with Crippen LogP contribution in [0.25, 0.3) is 0 Å². The molecule has 2 unspecified atom stereocenters. The molecule has 12 heteroatoms. The fourth-order valence-corrected chi connectivity index (χ4v) is 3.46. The van der Waals surface area contributed by atoms with E-state index in [1.54, 1.807) is 5.43 Å². The first-order chi connectivity index (χ1) is 12.5. The summed E-state index contributed by atoms with van der Waals surface area (Å²) >= 11 is 0.838. The fraction of sp³-hybridized carbons (Fsp3) is 0.400. The molecule has 0 aliphatic carbocycles. The van der Waals surface area contributed by atoms with Gasteiger partial charge in [0.1, 0.15) is 5.92 Å². The molecule has 0 saturated carbocycles. The van der Waals surface area contributed by atoms with Gasteiger partial charge < -0.3 is 14.6 Å². The minimum atomic E-state index is -5.44. The van der Waals surface area contributed by atoms with Crippen LogP contribution in [-0.4, -0.2) is 54.1 Å². The van der Waals surface area contributed by atoms with Gasteiger partial charge in [0.15, 0.2) is 5.78 Å². The number of rotatable bonds is 4. The first kappa shape index (κ1) is 20.7. The largest absolute Gasteiger partial charge is 0.466 e. The van der Waals surface area contributed by atoms with E-state index in [1.165, 1.54) is 17.5 Å². The number of ether oxygens (including phenoxy) is 2. The number of nitrogens with one attached hydrogen (secondary N) is 1. The molecule has 0 saturated heterocycles. The second-order valence-corrected chi connectivity index (χ2v) is 6.38. The zero-order valence-electron chi connectivity index (χ0n) is 14.3. The van der Waals surface area contributed by atoms with Crippen LogP contribution < -0.4 is 5.43 Å². The van der Waals surface area contributed by atoms with E-state index >= 15 is 0 Å². The molecule has 27 heavy (non-hydrogen) atoms. The molecule has 2 atom stereocenters. The SMILES string of the molecule is COC(=O)NN1C(C)=C(C(=O)OC)C(C(=O)c2cccs2)C1(O)C(F)(F)F. The summed E-state index contributed by atoms with van der Waals surface area (Å²) in [6, 6.07) is 2.68. The van der Waals surface area contributed by atoms with Gasteiger partial charge in [-0.25, -0.2) is 20.0 Å². The van der Waals surface area contributed by atoms with Crippen LogP contribution in [0, 0.1) is 5.92 Å². The molecule has 148 valence electrons. The highest BCUT2D eigenvalue weighted by Crippen LogP contribution is 2.50. The minimum Gasteiger partial charge on any atom is -0.466 e. The molecule has 1 aromatic heterocycles. The Labute approximate surface area is 155 Å². The number of esters is 1. The van der Waals surface area contributed by atoms with E-state index in [0.717, 1.165) is 32.5 Å². The maximum atomic E-state index is 13.9. The number of hydrazine groups is 1. The predicted molar refractivity (Wildman–Crippen MR) is 85.2 cm³/mol. The molecule has 1 aliphatic heterocycles. The van der Waals surface area contributed by atoms with Gasteiger partial charge in [-0.2, -0.15) is 13.2 Å². The Balaban J connectivity index is 2.72. The maximum Gasteiger partial charge on any atom is 0.439 e. The van der Waals surface area contributed by atoms with E-state index < -0.39 is 46.9 Å². The van der Waals surface area contributed by atoms with E-state index in [9.17, 15) is 32.7 Å². The number of Topliss-reactive ketones (excluding diaryl/α,β-unsaturated/α-hetero) is 1. The lowest BCUT2D eigenvalue weighted by atomic mass is 9.85. The zero-order chi connectivity index (χ0) is 20.6. The summed E-state index contributed by atoms with van der Waals surface area (Å²) in [5.74, 6) is -4.79. The highest BCUT2D eigenvalue weighted by Gasteiger charge is 2.71. The zero-order valence-corrected chi connectivity index (χ0v) is 15.1. The van der Waals surface area contributed by atoms with E-state index in [0.29, 0.717) is 0 Å². The van der Waals surface area contributed by atoms with Gasteiger partial charge in [0.05, 0.1) is 24.7 Å². The third-order valence-corrected chi connectivity index (χ3v) is 4.88. The third-order valence-electron chi connectivity index (χ3n) is 3.99. The van der Waals surface area contributed by atoms with Gasteiger partial charge in [0, 0.05) is 5.70 Å². The van der Waals surface area contributed by atoms with Crippen LogP contribution in [-0.2, 0) is 14.3 Å². The Hall–Kier alpha value is -2.60. The van der Waals surface area contributed by atoms with Crippen LogP contribution >= 0.6 is 11.3 Å². The Morgan fingerprint density at radius 3 is 2.37 bits per heavy atom. The number of ketones is 1. The molecule has 0 aromatic carbocycles. The predicted octanol–water partition coefficient (Wildman–Crippen LogP) is 1.83. The summed E-state index contributed by atoms with van der Waals surface area (Å²) in [5, 5.41) is 12.1. The van der Waals surface area contributed by atoms with Crippen molar-refractivity contribution in [1.82, 2.24) is 10.4 Å². The van der Waals surface area contributed by atoms with Crippen molar-refractivity contribution in [2.45, 2.75) is 18.8 Å². The summed E-state index contributed by atoms with van der Waals surface area (Å²) < 4.78 is 50.5. The second-order valence-electron chi connectivity index (χ2n) is 5.43. The molecule has 1 aliphatic rings. The number of carbonyl (C=O) groups excluding carboxylic acids is 3. The molecule has 0 bridgehead atoms. The first-order valence-electron chi connectivity index (χ1n) is 7.31. The highest BCUT2D eigenvalue weighted by atomic mass is 32.1. The van der Waals surface area contributed by atoms with Gasteiger partial charge in [-0.1, -0.05) is 6.07 Å². The number of hydrogen-bond donors (Lipinski definition) is 2. The number of allylic oxidation sites excluding steroid dienone is 1. The van der Waals surface area contributed by atoms with Crippen LogP contribution in [0.2, 0.25) is 0 Å². The number of carbonyl (C=O) groups is 3. The normalized spacial score (nSPS) is 22.6. The molecule has 2 rings (SSSR count). The van der Waals surface area contributed by atoms with Crippen molar-refractivity contribution in [2.24, 2.45) is 5.92 Å². The van der Waals surface area contributed by atoms with Gasteiger partial charge in [0.2, 0.25) is 0 Å². The van der Waals surface area contributed by atoms with Gasteiger partial charge in [-0.3, -0.25) is 4.79 Å². The second kappa shape index (κ2) is 7.19. The van der Waals surface area contributed by atoms with Crippen molar-refractivity contribution in [1.29, 1.82) is 0 Å². The lowest BCUT2D eigenvalue weighted by molar-refractivity contribution is -0.319. The minimum absolute atomic E-state index is 0.00125. The van der Waals surface area contributed by atoms with Crippen molar-refractivity contribution in [3.05, 3.63) is 33.7 Å². The van der Waals surface area contributed by atoms with Crippen molar-refractivity contribution in [2.75, 3.05) is 14.2 Å². The van der Waals surface area contributed by atoms with E-state index in [-0.39, 0.29) is 9.89 Å². The van der Waals surface area contributed by atoms with Crippen LogP contribution in [0.15, 0.2) is 28.8 Å². The number of amides is 1. The molecule has 0 fully saturated rings. The first-order valence-corrected chi connectivity index (χ1v) is 8.19. The summed E-state index contributed by atoms with van der Waals surface area (Å²) in [7, 11) is 1.81. The molecular formula is C15H15F3N2O6S. The Kier molecular flexibility index (Phi) is 5.52. The molecule has 1 aromatic rings. The van der Waals surface area contributed by atoms with Gasteiger partial charge >= 0.3 is 18.2 Å². The van der Waals surface area contributed by atoms with Gasteiger partial charge in [-0.15, -0.1) is 11.3 Å². The number of alkyl halides is 3. The average molecular weight is 408 g/mol. The standard InChI is InChI=1S/C15H15F3N2O6S/c1-7-9(12(22)25-2)10(11(21)8-5-4-6-27-8)14(24,15(16,17)18)20(7)19-13(23)26-3/h4-6,10,24H,1-3H3,(H,19,23). The summed E-state index contributed by atoms with van der Waals surface area (Å²) in [4.78, 5) is 36.3. The number of nitrogens with zero attached hydrogens (tertiary/aromatic N) is 1. The molecule has 2 heterocycles. The summed E-state index contributed by atoms with van der Waals surface area (Å²) in [5.41, 5.74) is -3.47. The fourth-order valence-electron chi connectivity index (χ4n) is 2.76. The Morgan fingerprint density at radius 2 is 1.93 bits per heavy atom. The van der Waals surface area contributed by atoms with Crippen molar-refractivity contribution in [3.8, 4) is 0 Å². The third kappa shape index (κ3) is 3.25. The topological polar surface area (TPSA) is 105 Å². The Bertz CT molecular complexity index is 792. The lowest BCUT2D eigenvalue weighted by Gasteiger charge is -2.39. The van der Waals surface area contributed by atoms with Crippen LogP contribution in [0.5, 0.6) is 0 Å². The molecule has 0 spiro atoms. The van der Waals surface area contributed by atoms with Crippen LogP contribution in [0.4, 0.5) is 18.0 Å². The van der Waals surface area contributed by atoms with Crippen molar-refractivity contribution in [3.63, 3.8) is 0 Å². The number of halogens is 3. The van der Waals surface area contributed by atoms with Crippen molar-refractivity contribution >= 4 is 29.2 Å². The smallest absolute Gasteiger partial charge is 0.439 e. The number of thiophene rings is 1. The quantitative estimate of drug-likeness (QED) is 0.578. The van der Waals surface area contributed by atoms with Crippen molar-refractivity contribution < 1.29 is 42.1 Å². The van der Waals surface area contributed by atoms with E-state index in [1.807, 2.05) is 0 Å². The van der Waals surface area contributed by atoms with Gasteiger partial charge in [0.25, 0.3) is 5.72 Å². The van der Waals surface area contributed by atoms with E-state index in [2.05, 4.69) is 9.47 Å². The maximum absolute atomic E-state index is 13.9. The molecule has 2 N–H and O–H groups in total. The summed E-state index contributed by atoms with van der Waals surface area (Å²) in [6.45, 7) is 1.03. The lowest BCUT2D eigenvalue weighted by Crippen LogP contribution is -2.65. The summed E-state index contributed by atoms with van der Waals surface area (Å²) in [6.07, 6.45) is -6.78. The molecular weight excluding hydrogens is 393 g/mol. The number of hydrogen-bond acceptors (Lipinski definition) is 8. The van der Waals surface area contributed by atoms with E-state index in [4.69, 9.17) is 0 Å². The number of methoxy groups -OCH3 is 2. The van der Waals surface area contributed by atoms with Crippen LogP contribution in [0.3, 0.4) is 0 Å². The number of aliphatic hydroxyl groups is 1.